The molecule has 0 spiro atoms. The van der Waals surface area contributed by atoms with Gasteiger partial charge in [-0.05, 0) is 97.7 Å². The Morgan fingerprint density at radius 1 is 1.08 bits per heavy atom. The fourth-order valence-electron chi connectivity index (χ4n) is 10.1. The van der Waals surface area contributed by atoms with Crippen molar-refractivity contribution in [2.75, 3.05) is 26.2 Å². The van der Waals surface area contributed by atoms with E-state index in [9.17, 15) is 4.79 Å². The van der Waals surface area contributed by atoms with Crippen LogP contribution in [0, 0.1) is 46.3 Å². The molecule has 0 radical (unpaired) electrons. The molecule has 37 heavy (non-hydrogen) atoms. The number of nitrogens with zero attached hydrogens (tertiary/aromatic N) is 2. The maximum Gasteiger partial charge on any atom is 0.334 e. The number of piperazine rings is 1. The predicted molar refractivity (Wildman–Crippen MR) is 153 cm³/mol. The highest BCUT2D eigenvalue weighted by Gasteiger charge is 2.59. The average Bonchev–Trinajstić information content (AvgIpc) is 3.25. The first kappa shape index (κ1) is 27.5. The third kappa shape index (κ3) is 5.01. The number of rotatable bonds is 6. The Morgan fingerprint density at radius 3 is 2.57 bits per heavy atom. The number of fused-ring (bicyclic) bond motifs is 5. The Morgan fingerprint density at radius 2 is 1.84 bits per heavy atom. The number of urea groups is 1. The third-order valence-corrected chi connectivity index (χ3v) is 12.3. The summed E-state index contributed by atoms with van der Waals surface area (Å²) in [6.45, 7) is 15.8. The molecule has 210 valence electrons. The summed E-state index contributed by atoms with van der Waals surface area (Å²) in [5, 5.41) is 4.93. The first-order chi connectivity index (χ1) is 17.6. The Balaban J connectivity index is 1.25. The second-order valence-corrected chi connectivity index (χ2v) is 14.6. The highest BCUT2D eigenvalue weighted by Crippen LogP contribution is 2.67. The van der Waals surface area contributed by atoms with Crippen LogP contribution in [0.3, 0.4) is 0 Å². The van der Waals surface area contributed by atoms with Crippen LogP contribution in [0.5, 0.6) is 0 Å². The molecule has 2 amide bonds. The van der Waals surface area contributed by atoms with Crippen LogP contribution in [0.25, 0.3) is 0 Å². The van der Waals surface area contributed by atoms with Gasteiger partial charge in [0.15, 0.2) is 0 Å². The SMILES string of the molecule is CC(C)CCC[C@@H](C)[C@H]1CCC2C3CC=C4C[C@@H](N(N)C(=O)N5CCNCC5)CC[C@]4(C)C3CC[C@@]21C. The molecule has 4 aliphatic carbocycles. The number of hydrogen-bond donors (Lipinski definition) is 2. The number of carbonyl (C=O) groups excluding carboxylic acids is 1. The maximum atomic E-state index is 13.1. The van der Waals surface area contributed by atoms with E-state index in [2.05, 4.69) is 46.0 Å². The zero-order chi connectivity index (χ0) is 26.4. The summed E-state index contributed by atoms with van der Waals surface area (Å²) in [4.78, 5) is 15.0. The lowest BCUT2D eigenvalue weighted by molar-refractivity contribution is -0.0539. The summed E-state index contributed by atoms with van der Waals surface area (Å²) in [5.74, 6) is 11.7. The van der Waals surface area contributed by atoms with Gasteiger partial charge in [-0.1, -0.05) is 65.5 Å². The molecule has 5 rings (SSSR count). The fraction of sp³-hybridized carbons (Fsp3) is 0.906. The van der Waals surface area contributed by atoms with Gasteiger partial charge in [-0.15, -0.1) is 0 Å². The van der Waals surface area contributed by atoms with Gasteiger partial charge < -0.3 is 10.2 Å². The van der Waals surface area contributed by atoms with Gasteiger partial charge in [0.2, 0.25) is 0 Å². The number of hydrazine groups is 1. The van der Waals surface area contributed by atoms with Crippen LogP contribution in [0.1, 0.15) is 105 Å². The van der Waals surface area contributed by atoms with Crippen molar-refractivity contribution in [3.8, 4) is 0 Å². The molecule has 5 aliphatic rings. The Bertz CT molecular complexity index is 850. The topological polar surface area (TPSA) is 61.6 Å². The Kier molecular flexibility index (Phi) is 8.05. The molecule has 1 aliphatic heterocycles. The lowest BCUT2D eigenvalue weighted by atomic mass is 9.47. The second kappa shape index (κ2) is 10.8. The number of nitrogens with two attached hydrogens (primary N) is 1. The largest absolute Gasteiger partial charge is 0.334 e. The van der Waals surface area contributed by atoms with E-state index in [1.54, 1.807) is 10.6 Å². The minimum Gasteiger partial charge on any atom is -0.321 e. The summed E-state index contributed by atoms with van der Waals surface area (Å²) < 4.78 is 0. The van der Waals surface area contributed by atoms with Crippen LogP contribution in [0.2, 0.25) is 0 Å². The molecule has 3 N–H and O–H groups in total. The molecule has 0 bridgehead atoms. The van der Waals surface area contributed by atoms with Crippen LogP contribution >= 0.6 is 0 Å². The average molecular weight is 513 g/mol. The van der Waals surface area contributed by atoms with E-state index in [0.29, 0.717) is 10.8 Å². The molecular weight excluding hydrogens is 456 g/mol. The molecule has 3 saturated carbocycles. The van der Waals surface area contributed by atoms with Gasteiger partial charge in [-0.25, -0.2) is 10.6 Å². The smallest absolute Gasteiger partial charge is 0.321 e. The van der Waals surface area contributed by atoms with Gasteiger partial charge >= 0.3 is 6.03 Å². The van der Waals surface area contributed by atoms with Gasteiger partial charge in [0, 0.05) is 26.2 Å². The summed E-state index contributed by atoms with van der Waals surface area (Å²) in [6, 6.07) is 0.173. The van der Waals surface area contributed by atoms with Crippen LogP contribution in [0.15, 0.2) is 11.6 Å². The lowest BCUT2D eigenvalue weighted by Gasteiger charge is -2.59. The van der Waals surface area contributed by atoms with Crippen LogP contribution < -0.4 is 11.2 Å². The summed E-state index contributed by atoms with van der Waals surface area (Å²) in [6.07, 6.45) is 17.0. The van der Waals surface area contributed by atoms with Crippen molar-refractivity contribution in [3.05, 3.63) is 11.6 Å². The Labute approximate surface area is 227 Å². The van der Waals surface area contributed by atoms with Crippen molar-refractivity contribution < 1.29 is 4.79 Å². The number of carbonyl (C=O) groups is 1. The fourth-order valence-corrected chi connectivity index (χ4v) is 10.1. The minimum absolute atomic E-state index is 0.0253. The minimum atomic E-state index is 0.0253. The molecule has 4 fully saturated rings. The van der Waals surface area contributed by atoms with E-state index in [0.717, 1.165) is 74.5 Å². The normalized spacial score (nSPS) is 40.5. The molecule has 0 aromatic rings. The molecule has 0 aromatic carbocycles. The summed E-state index contributed by atoms with van der Waals surface area (Å²) in [5.41, 5.74) is 2.47. The number of allylic oxidation sites excluding steroid dienone is 1. The summed E-state index contributed by atoms with van der Waals surface area (Å²) >= 11 is 0. The highest BCUT2D eigenvalue weighted by molar-refractivity contribution is 5.74. The molecule has 1 heterocycles. The lowest BCUT2D eigenvalue weighted by Crippen LogP contribution is -2.58. The first-order valence-corrected chi connectivity index (χ1v) is 15.9. The van der Waals surface area contributed by atoms with E-state index < -0.39 is 0 Å². The number of hydrogen-bond acceptors (Lipinski definition) is 3. The van der Waals surface area contributed by atoms with Crippen molar-refractivity contribution >= 4 is 6.03 Å². The van der Waals surface area contributed by atoms with Gasteiger partial charge in [-0.2, -0.15) is 0 Å². The molecule has 8 atom stereocenters. The van der Waals surface area contributed by atoms with Gasteiger partial charge in [0.25, 0.3) is 0 Å². The molecule has 5 nitrogen and oxygen atoms in total. The maximum absolute atomic E-state index is 13.1. The van der Waals surface area contributed by atoms with Crippen molar-refractivity contribution in [1.29, 1.82) is 0 Å². The third-order valence-electron chi connectivity index (χ3n) is 12.3. The molecule has 3 unspecified atom stereocenters. The monoisotopic (exact) mass is 512 g/mol. The first-order valence-electron chi connectivity index (χ1n) is 15.9. The van der Waals surface area contributed by atoms with Gasteiger partial charge in [0.1, 0.15) is 0 Å². The van der Waals surface area contributed by atoms with Crippen molar-refractivity contribution in [1.82, 2.24) is 15.2 Å². The van der Waals surface area contributed by atoms with Gasteiger partial charge in [-0.3, -0.25) is 5.01 Å². The summed E-state index contributed by atoms with van der Waals surface area (Å²) in [7, 11) is 0. The zero-order valence-electron chi connectivity index (χ0n) is 24.6. The van der Waals surface area contributed by atoms with Gasteiger partial charge in [0.05, 0.1) is 6.04 Å². The van der Waals surface area contributed by atoms with Crippen LogP contribution in [-0.4, -0.2) is 48.2 Å². The predicted octanol–water partition coefficient (Wildman–Crippen LogP) is 6.60. The van der Waals surface area contributed by atoms with Crippen molar-refractivity contribution in [2.45, 2.75) is 111 Å². The zero-order valence-corrected chi connectivity index (χ0v) is 24.6. The highest BCUT2D eigenvalue weighted by atomic mass is 16.2. The molecule has 0 aromatic heterocycles. The van der Waals surface area contributed by atoms with Crippen molar-refractivity contribution in [3.63, 3.8) is 0 Å². The van der Waals surface area contributed by atoms with Crippen LogP contribution in [0.4, 0.5) is 4.79 Å². The van der Waals surface area contributed by atoms with E-state index in [-0.39, 0.29) is 12.1 Å². The van der Waals surface area contributed by atoms with E-state index >= 15 is 0 Å². The molecule has 5 heteroatoms. The van der Waals surface area contributed by atoms with E-state index in [1.807, 2.05) is 4.90 Å². The Hall–Kier alpha value is -1.07. The second-order valence-electron chi connectivity index (χ2n) is 14.6. The standard InChI is InChI=1S/C32H56N4O/c1-22(2)7-6-8-23(3)27-11-12-28-26-10-9-24-21-25(36(33)30(37)35-19-17-34-18-20-35)13-15-31(24,4)29(26)14-16-32(27,28)5/h9,22-23,25-29,34H,6-8,10-21,33H2,1-5H3/t23-,25+,26?,27-,28?,29?,31+,32-/m1/s1. The quantitative estimate of drug-likeness (QED) is 0.182. The van der Waals surface area contributed by atoms with Crippen LogP contribution in [-0.2, 0) is 0 Å². The number of amides is 2. The number of nitrogens with one attached hydrogen (secondary N) is 1. The molecular formula is C32H56N4O. The molecule has 1 saturated heterocycles. The van der Waals surface area contributed by atoms with E-state index in [4.69, 9.17) is 5.84 Å². The van der Waals surface area contributed by atoms with E-state index in [1.165, 1.54) is 57.8 Å². The van der Waals surface area contributed by atoms with Crippen molar-refractivity contribution in [2.24, 2.45) is 52.2 Å².